The number of aryl methyl sites for hydroxylation is 1. The van der Waals surface area contributed by atoms with E-state index in [2.05, 4.69) is 10.3 Å². The number of carbonyl (C=O) groups is 1. The lowest BCUT2D eigenvalue weighted by Crippen LogP contribution is -2.28. The molecule has 0 aliphatic carbocycles. The van der Waals surface area contributed by atoms with Gasteiger partial charge in [0.05, 0.1) is 12.9 Å². The number of benzene rings is 2. The Balaban J connectivity index is 1.45. The summed E-state index contributed by atoms with van der Waals surface area (Å²) in [7, 11) is 0. The molecule has 0 spiro atoms. The van der Waals surface area contributed by atoms with Crippen molar-refractivity contribution in [2.45, 2.75) is 13.5 Å². The number of halogens is 1. The Kier molecular flexibility index (Phi) is 5.92. The maximum atomic E-state index is 12.2. The van der Waals surface area contributed by atoms with E-state index in [1.165, 1.54) is 0 Å². The number of aromatic nitrogens is 2. The molecule has 0 bridgehead atoms. The number of hydrogen-bond donors (Lipinski definition) is 1. The van der Waals surface area contributed by atoms with E-state index in [0.29, 0.717) is 29.5 Å². The third-order valence-corrected chi connectivity index (χ3v) is 4.35. The largest absolute Gasteiger partial charge is 0.492 e. The molecule has 0 unspecified atom stereocenters. The van der Waals surface area contributed by atoms with Gasteiger partial charge in [-0.1, -0.05) is 29.8 Å². The van der Waals surface area contributed by atoms with Gasteiger partial charge in [-0.3, -0.25) is 4.79 Å². The Morgan fingerprint density at radius 2 is 2.04 bits per heavy atom. The minimum Gasteiger partial charge on any atom is -0.492 e. The SMILES string of the molecule is Cc1ccc(OCCNC(=O)c2ccc(Cn3ccnc3)cc2)cc1Cl. The molecule has 0 fully saturated rings. The first-order chi connectivity index (χ1) is 12.6. The van der Waals surface area contributed by atoms with Crippen LogP contribution in [0.3, 0.4) is 0 Å². The van der Waals surface area contributed by atoms with Crippen LogP contribution in [0.4, 0.5) is 0 Å². The minimum atomic E-state index is -0.121. The van der Waals surface area contributed by atoms with Crippen LogP contribution in [0.25, 0.3) is 0 Å². The molecule has 0 atom stereocenters. The summed E-state index contributed by atoms with van der Waals surface area (Å²) in [6.07, 6.45) is 5.41. The molecule has 5 nitrogen and oxygen atoms in total. The summed E-state index contributed by atoms with van der Waals surface area (Å²) >= 11 is 6.06. The van der Waals surface area contributed by atoms with E-state index in [1.807, 2.05) is 54.1 Å². The van der Waals surface area contributed by atoms with Gasteiger partial charge in [0.1, 0.15) is 12.4 Å². The van der Waals surface area contributed by atoms with Crippen LogP contribution in [0.2, 0.25) is 5.02 Å². The molecule has 6 heteroatoms. The monoisotopic (exact) mass is 369 g/mol. The van der Waals surface area contributed by atoms with Gasteiger partial charge in [-0.2, -0.15) is 0 Å². The highest BCUT2D eigenvalue weighted by Crippen LogP contribution is 2.21. The van der Waals surface area contributed by atoms with E-state index in [-0.39, 0.29) is 5.91 Å². The third kappa shape index (κ3) is 4.86. The summed E-state index contributed by atoms with van der Waals surface area (Å²) in [5, 5.41) is 3.52. The molecule has 3 aromatic rings. The van der Waals surface area contributed by atoms with Gasteiger partial charge in [-0.15, -0.1) is 0 Å². The number of carbonyl (C=O) groups excluding carboxylic acids is 1. The zero-order valence-electron chi connectivity index (χ0n) is 14.5. The summed E-state index contributed by atoms with van der Waals surface area (Å²) < 4.78 is 7.57. The number of imidazole rings is 1. The molecule has 1 aromatic heterocycles. The number of nitrogens with one attached hydrogen (secondary N) is 1. The number of ether oxygens (including phenoxy) is 1. The highest BCUT2D eigenvalue weighted by molar-refractivity contribution is 6.31. The highest BCUT2D eigenvalue weighted by Gasteiger charge is 2.05. The summed E-state index contributed by atoms with van der Waals surface area (Å²) in [6.45, 7) is 3.47. The molecule has 26 heavy (non-hydrogen) atoms. The lowest BCUT2D eigenvalue weighted by Gasteiger charge is -2.09. The molecule has 0 saturated heterocycles. The van der Waals surface area contributed by atoms with Crippen LogP contribution >= 0.6 is 11.6 Å². The van der Waals surface area contributed by atoms with Crippen molar-refractivity contribution in [1.29, 1.82) is 0 Å². The molecule has 1 heterocycles. The van der Waals surface area contributed by atoms with Gasteiger partial charge in [0, 0.05) is 29.5 Å². The normalized spacial score (nSPS) is 10.5. The average Bonchev–Trinajstić information content (AvgIpc) is 3.15. The summed E-state index contributed by atoms with van der Waals surface area (Å²) in [5.74, 6) is 0.573. The van der Waals surface area contributed by atoms with Gasteiger partial charge in [0.15, 0.2) is 0 Å². The van der Waals surface area contributed by atoms with Crippen molar-refractivity contribution in [3.05, 3.63) is 82.9 Å². The Morgan fingerprint density at radius 3 is 2.73 bits per heavy atom. The molecule has 0 radical (unpaired) electrons. The molecule has 0 saturated carbocycles. The Hall–Kier alpha value is -2.79. The zero-order valence-corrected chi connectivity index (χ0v) is 15.2. The van der Waals surface area contributed by atoms with Crippen LogP contribution in [0.15, 0.2) is 61.2 Å². The predicted octanol–water partition coefficient (Wildman–Crippen LogP) is 3.70. The van der Waals surface area contributed by atoms with Crippen molar-refractivity contribution in [1.82, 2.24) is 14.9 Å². The van der Waals surface area contributed by atoms with E-state index in [4.69, 9.17) is 16.3 Å². The first-order valence-corrected chi connectivity index (χ1v) is 8.71. The average molecular weight is 370 g/mol. The lowest BCUT2D eigenvalue weighted by atomic mass is 10.1. The minimum absolute atomic E-state index is 0.121. The second kappa shape index (κ2) is 8.54. The van der Waals surface area contributed by atoms with Crippen molar-refractivity contribution < 1.29 is 9.53 Å². The third-order valence-electron chi connectivity index (χ3n) is 3.94. The van der Waals surface area contributed by atoms with Crippen LogP contribution in [0, 0.1) is 6.92 Å². The van der Waals surface area contributed by atoms with E-state index >= 15 is 0 Å². The molecule has 2 aromatic carbocycles. The maximum Gasteiger partial charge on any atom is 0.251 e. The molecule has 1 N–H and O–H groups in total. The van der Waals surface area contributed by atoms with Crippen LogP contribution in [-0.4, -0.2) is 28.6 Å². The Labute approximate surface area is 157 Å². The van der Waals surface area contributed by atoms with Crippen molar-refractivity contribution in [3.8, 4) is 5.75 Å². The highest BCUT2D eigenvalue weighted by atomic mass is 35.5. The van der Waals surface area contributed by atoms with E-state index in [1.54, 1.807) is 18.6 Å². The van der Waals surface area contributed by atoms with Gasteiger partial charge in [-0.05, 0) is 42.3 Å². The van der Waals surface area contributed by atoms with Gasteiger partial charge in [-0.25, -0.2) is 4.98 Å². The quantitative estimate of drug-likeness (QED) is 0.646. The van der Waals surface area contributed by atoms with Gasteiger partial charge < -0.3 is 14.6 Å². The Morgan fingerprint density at radius 1 is 1.23 bits per heavy atom. The van der Waals surface area contributed by atoms with E-state index in [0.717, 1.165) is 17.7 Å². The summed E-state index contributed by atoms with van der Waals surface area (Å²) in [6, 6.07) is 13.1. The molecular weight excluding hydrogens is 350 g/mol. The summed E-state index contributed by atoms with van der Waals surface area (Å²) in [4.78, 5) is 16.2. The fraction of sp³-hybridized carbons (Fsp3) is 0.200. The topological polar surface area (TPSA) is 56.1 Å². The van der Waals surface area contributed by atoms with Crippen LogP contribution < -0.4 is 10.1 Å². The molecule has 0 aliphatic rings. The first-order valence-electron chi connectivity index (χ1n) is 8.33. The molecule has 134 valence electrons. The fourth-order valence-electron chi connectivity index (χ4n) is 2.45. The van der Waals surface area contributed by atoms with E-state index < -0.39 is 0 Å². The number of nitrogens with zero attached hydrogens (tertiary/aromatic N) is 2. The fourth-order valence-corrected chi connectivity index (χ4v) is 2.62. The van der Waals surface area contributed by atoms with Gasteiger partial charge in [0.25, 0.3) is 5.91 Å². The molecule has 0 aliphatic heterocycles. The predicted molar refractivity (Wildman–Crippen MR) is 102 cm³/mol. The van der Waals surface area contributed by atoms with Crippen LogP contribution in [0.5, 0.6) is 5.75 Å². The van der Waals surface area contributed by atoms with Crippen LogP contribution in [0.1, 0.15) is 21.5 Å². The first kappa shape index (κ1) is 18.0. The van der Waals surface area contributed by atoms with Crippen molar-refractivity contribution >= 4 is 17.5 Å². The lowest BCUT2D eigenvalue weighted by molar-refractivity contribution is 0.0947. The van der Waals surface area contributed by atoms with Crippen molar-refractivity contribution in [2.75, 3.05) is 13.2 Å². The van der Waals surface area contributed by atoms with Crippen molar-refractivity contribution in [2.24, 2.45) is 0 Å². The second-order valence-electron chi connectivity index (χ2n) is 5.95. The molecule has 3 rings (SSSR count). The maximum absolute atomic E-state index is 12.2. The smallest absolute Gasteiger partial charge is 0.251 e. The second-order valence-corrected chi connectivity index (χ2v) is 6.35. The van der Waals surface area contributed by atoms with Crippen molar-refractivity contribution in [3.63, 3.8) is 0 Å². The van der Waals surface area contributed by atoms with Crippen LogP contribution in [-0.2, 0) is 6.54 Å². The molecule has 1 amide bonds. The molecular formula is C20H20ClN3O2. The van der Waals surface area contributed by atoms with E-state index in [9.17, 15) is 4.79 Å². The number of amides is 1. The number of rotatable bonds is 7. The number of hydrogen-bond acceptors (Lipinski definition) is 3. The van der Waals surface area contributed by atoms with Gasteiger partial charge in [0.2, 0.25) is 0 Å². The van der Waals surface area contributed by atoms with Gasteiger partial charge >= 0.3 is 0 Å². The Bertz CT molecular complexity index is 861. The standard InChI is InChI=1S/C20H20ClN3O2/c1-15-2-7-18(12-19(15)21)26-11-9-23-20(25)17-5-3-16(4-6-17)13-24-10-8-22-14-24/h2-8,10,12,14H,9,11,13H2,1H3,(H,23,25). The zero-order chi connectivity index (χ0) is 18.4. The summed E-state index contributed by atoms with van der Waals surface area (Å²) in [5.41, 5.74) is 2.74.